The highest BCUT2D eigenvalue weighted by Gasteiger charge is 2.35. The predicted octanol–water partition coefficient (Wildman–Crippen LogP) is 8.39. The van der Waals surface area contributed by atoms with Crippen molar-refractivity contribution in [2.24, 2.45) is 0 Å². The van der Waals surface area contributed by atoms with Crippen LogP contribution in [0.3, 0.4) is 0 Å². The van der Waals surface area contributed by atoms with Gasteiger partial charge in [-0.15, -0.1) is 0 Å². The molecule has 0 bridgehead atoms. The van der Waals surface area contributed by atoms with Gasteiger partial charge in [0.15, 0.2) is 0 Å². The highest BCUT2D eigenvalue weighted by atomic mass is 16.6. The van der Waals surface area contributed by atoms with Crippen molar-refractivity contribution in [3.8, 4) is 33.4 Å². The molecule has 0 N–H and O–H groups in total. The minimum absolute atomic E-state index is 0.115. The number of benzene rings is 7. The van der Waals surface area contributed by atoms with E-state index in [1.54, 1.807) is 6.07 Å². The normalized spacial score (nSPS) is 13.6. The third kappa shape index (κ3) is 3.28. The lowest BCUT2D eigenvalue weighted by Crippen LogP contribution is -2.14. The van der Waals surface area contributed by atoms with Crippen molar-refractivity contribution < 1.29 is 4.92 Å². The average Bonchev–Trinajstić information content (AvgIpc) is 3.22. The molecule has 0 aliphatic heterocycles. The van der Waals surface area contributed by atoms with Gasteiger partial charge in [0.25, 0.3) is 5.69 Å². The van der Waals surface area contributed by atoms with Crippen LogP contribution in [0, 0.1) is 10.1 Å². The number of fused-ring (bicyclic) bond motifs is 3. The summed E-state index contributed by atoms with van der Waals surface area (Å²) in [5, 5.41) is 19.3. The molecule has 1 aliphatic rings. The van der Waals surface area contributed by atoms with Crippen molar-refractivity contribution in [2.75, 3.05) is 0 Å². The Morgan fingerprint density at radius 2 is 1.22 bits per heavy atom. The Morgan fingerprint density at radius 3 is 2.02 bits per heavy atom. The molecule has 0 saturated heterocycles. The lowest BCUT2D eigenvalue weighted by atomic mass is 9.81. The fourth-order valence-electron chi connectivity index (χ4n) is 7.16. The van der Waals surface area contributed by atoms with Crippen molar-refractivity contribution in [1.29, 1.82) is 0 Å². The van der Waals surface area contributed by atoms with Crippen LogP contribution in [0.25, 0.3) is 65.7 Å². The molecule has 194 valence electrons. The third-order valence-electron chi connectivity index (χ3n) is 9.28. The van der Waals surface area contributed by atoms with E-state index in [1.807, 2.05) is 18.2 Å². The van der Waals surface area contributed by atoms with E-state index in [2.05, 4.69) is 107 Å². The Bertz CT molecular complexity index is 2230. The summed E-state index contributed by atoms with van der Waals surface area (Å²) in [6.07, 6.45) is 0. The second kappa shape index (κ2) is 8.28. The molecule has 0 atom stereocenters. The van der Waals surface area contributed by atoms with Crippen molar-refractivity contribution in [1.82, 2.24) is 0 Å². The molecule has 0 spiro atoms. The first kappa shape index (κ1) is 23.9. The fraction of sp³-hybridized carbons (Fsp3) is 0.0811. The fourth-order valence-corrected chi connectivity index (χ4v) is 7.16. The predicted molar refractivity (Wildman–Crippen MR) is 173 cm³/mol. The maximum absolute atomic E-state index is 12.3. The first-order chi connectivity index (χ1) is 19.8. The molecule has 7 aromatic rings. The van der Waals surface area contributed by atoms with Gasteiger partial charge in [-0.05, 0) is 89.5 Å². The summed E-state index contributed by atoms with van der Waals surface area (Å²) in [5.74, 6) is 0. The van der Waals surface area contributed by atoms with Crippen LogP contribution in [0.15, 0.2) is 109 Å². The molecule has 0 aromatic heterocycles. The van der Waals surface area contributed by atoms with Crippen LogP contribution < -0.4 is 5.46 Å². The Labute approximate surface area is 239 Å². The van der Waals surface area contributed by atoms with Crippen LogP contribution in [-0.4, -0.2) is 12.8 Å². The molecule has 3 nitrogen and oxygen atoms in total. The number of hydrogen-bond acceptors (Lipinski definition) is 2. The lowest BCUT2D eigenvalue weighted by molar-refractivity contribution is -0.384. The third-order valence-corrected chi connectivity index (χ3v) is 9.28. The summed E-state index contributed by atoms with van der Waals surface area (Å²) in [6.45, 7) is 4.55. The molecule has 0 amide bonds. The maximum atomic E-state index is 12.3. The molecule has 7 aromatic carbocycles. The first-order valence-corrected chi connectivity index (χ1v) is 14.0. The Hall–Kier alpha value is -4.96. The van der Waals surface area contributed by atoms with Crippen LogP contribution in [0.1, 0.15) is 25.0 Å². The monoisotopic (exact) mass is 527 g/mol. The van der Waals surface area contributed by atoms with Crippen molar-refractivity contribution in [2.45, 2.75) is 19.3 Å². The van der Waals surface area contributed by atoms with Gasteiger partial charge in [0.1, 0.15) is 7.85 Å². The van der Waals surface area contributed by atoms with E-state index in [4.69, 9.17) is 0 Å². The lowest BCUT2D eigenvalue weighted by Gasteiger charge is -2.22. The minimum Gasteiger partial charge on any atom is -0.258 e. The van der Waals surface area contributed by atoms with Gasteiger partial charge < -0.3 is 0 Å². The molecule has 0 fully saturated rings. The van der Waals surface area contributed by atoms with E-state index < -0.39 is 0 Å². The van der Waals surface area contributed by atoms with Gasteiger partial charge in [-0.1, -0.05) is 104 Å². The summed E-state index contributed by atoms with van der Waals surface area (Å²) >= 11 is 0. The van der Waals surface area contributed by atoms with E-state index in [0.29, 0.717) is 5.56 Å². The van der Waals surface area contributed by atoms with Gasteiger partial charge in [-0.2, -0.15) is 0 Å². The molecule has 0 saturated carbocycles. The number of nitrogens with zero attached hydrogens (tertiary/aromatic N) is 1. The van der Waals surface area contributed by atoms with Gasteiger partial charge in [0.2, 0.25) is 0 Å². The highest BCUT2D eigenvalue weighted by Crippen LogP contribution is 2.50. The van der Waals surface area contributed by atoms with E-state index in [0.717, 1.165) is 32.8 Å². The molecule has 41 heavy (non-hydrogen) atoms. The van der Waals surface area contributed by atoms with Gasteiger partial charge >= 0.3 is 0 Å². The van der Waals surface area contributed by atoms with Gasteiger partial charge in [-0.3, -0.25) is 10.1 Å². The van der Waals surface area contributed by atoms with Crippen LogP contribution >= 0.6 is 0 Å². The highest BCUT2D eigenvalue weighted by molar-refractivity contribution is 6.42. The van der Waals surface area contributed by atoms with Crippen LogP contribution in [0.5, 0.6) is 0 Å². The van der Waals surface area contributed by atoms with Gasteiger partial charge in [-0.25, -0.2) is 0 Å². The smallest absolute Gasteiger partial charge is 0.258 e. The second-order valence-electron chi connectivity index (χ2n) is 11.8. The summed E-state index contributed by atoms with van der Waals surface area (Å²) in [7, 11) is 2.14. The Balaban J connectivity index is 1.36. The van der Waals surface area contributed by atoms with E-state index in [1.165, 1.54) is 43.9 Å². The van der Waals surface area contributed by atoms with Gasteiger partial charge in [0.05, 0.1) is 10.5 Å². The SMILES string of the molecule is Bc1ccc2ccc3ccc(-c4cc(-c5ccc6c(c5)C(C)(C)c5ccccc5-6)ccc4[N+](=O)[O-])c4ccc1c2c34. The maximum Gasteiger partial charge on any atom is 0.277 e. The van der Waals surface area contributed by atoms with Crippen LogP contribution in [0.2, 0.25) is 0 Å². The van der Waals surface area contributed by atoms with Crippen LogP contribution in [0.4, 0.5) is 5.69 Å². The zero-order chi connectivity index (χ0) is 28.0. The molecule has 0 radical (unpaired) electrons. The number of hydrogen-bond donors (Lipinski definition) is 0. The summed E-state index contributed by atoms with van der Waals surface area (Å²) < 4.78 is 0. The second-order valence-corrected chi connectivity index (χ2v) is 11.8. The zero-order valence-corrected chi connectivity index (χ0v) is 23.2. The minimum atomic E-state index is -0.260. The molecule has 1 aliphatic carbocycles. The summed E-state index contributed by atoms with van der Waals surface area (Å²) in [6, 6.07) is 37.9. The first-order valence-electron chi connectivity index (χ1n) is 14.0. The zero-order valence-electron chi connectivity index (χ0n) is 23.2. The van der Waals surface area contributed by atoms with Crippen molar-refractivity contribution in [3.05, 3.63) is 130 Å². The molecular weight excluding hydrogens is 501 g/mol. The molecular formula is C37H26BNO2. The standard InChI is InChI=1S/C37H26BNO2/c1-37(2)31-6-4-3-5-26(31)27-14-10-24(20-32(27)37)23-12-18-34(39(40)41)30(19-23)25-13-9-21-7-8-22-11-17-33(38)29-16-15-28(25)35(21)36(22)29/h3-20H,38H2,1-2H3. The van der Waals surface area contributed by atoms with E-state index in [9.17, 15) is 10.1 Å². The number of nitro benzene ring substituents is 1. The Kier molecular flexibility index (Phi) is 4.82. The Morgan fingerprint density at radius 1 is 0.610 bits per heavy atom. The molecule has 0 unspecified atom stereocenters. The van der Waals surface area contributed by atoms with E-state index in [-0.39, 0.29) is 16.0 Å². The number of nitro groups is 1. The average molecular weight is 527 g/mol. The molecule has 0 heterocycles. The summed E-state index contributed by atoms with van der Waals surface area (Å²) in [4.78, 5) is 12.1. The van der Waals surface area contributed by atoms with Crippen molar-refractivity contribution >= 4 is 51.3 Å². The molecule has 4 heteroatoms. The van der Waals surface area contributed by atoms with Gasteiger partial charge in [0, 0.05) is 11.5 Å². The van der Waals surface area contributed by atoms with E-state index >= 15 is 0 Å². The molecule has 8 rings (SSSR count). The summed E-state index contributed by atoms with van der Waals surface area (Å²) in [5.41, 5.74) is 9.97. The van der Waals surface area contributed by atoms with Crippen molar-refractivity contribution in [3.63, 3.8) is 0 Å². The largest absolute Gasteiger partial charge is 0.277 e. The van der Waals surface area contributed by atoms with Crippen LogP contribution in [-0.2, 0) is 5.41 Å². The number of rotatable bonds is 3. The topological polar surface area (TPSA) is 43.1 Å². The quantitative estimate of drug-likeness (QED) is 0.100.